The number of methoxy groups -OCH3 is 2. The van der Waals surface area contributed by atoms with Crippen LogP contribution >= 0.6 is 11.6 Å². The highest BCUT2D eigenvalue weighted by atomic mass is 35.5. The fraction of sp³-hybridized carbons (Fsp3) is 0.208. The van der Waals surface area contributed by atoms with Crippen molar-refractivity contribution in [3.63, 3.8) is 0 Å². The van der Waals surface area contributed by atoms with Gasteiger partial charge in [-0.3, -0.25) is 0 Å². The van der Waals surface area contributed by atoms with Crippen LogP contribution in [0.15, 0.2) is 71.8 Å². The average molecular weight is 421 g/mol. The van der Waals surface area contributed by atoms with Crippen molar-refractivity contribution in [1.29, 1.82) is 0 Å². The van der Waals surface area contributed by atoms with Gasteiger partial charge in [-0.15, -0.1) is 0 Å². The molecule has 5 rings (SSSR count). The predicted molar refractivity (Wildman–Crippen MR) is 117 cm³/mol. The average Bonchev–Trinajstić information content (AvgIpc) is 3.24. The minimum Gasteiger partial charge on any atom is -0.497 e. The molecule has 6 heteroatoms. The smallest absolute Gasteiger partial charge is 0.215 e. The molecule has 2 heterocycles. The lowest BCUT2D eigenvalue weighted by Crippen LogP contribution is -2.34. The first kappa shape index (κ1) is 18.8. The van der Waals surface area contributed by atoms with Crippen LogP contribution in [-0.2, 0) is 0 Å². The Balaban J connectivity index is 1.61. The van der Waals surface area contributed by atoms with Crippen LogP contribution in [0.1, 0.15) is 35.4 Å². The summed E-state index contributed by atoms with van der Waals surface area (Å²) in [6.45, 7) is 0. The maximum absolute atomic E-state index is 6.54. The molecule has 2 aliphatic heterocycles. The Labute approximate surface area is 180 Å². The van der Waals surface area contributed by atoms with Crippen LogP contribution in [-0.4, -0.2) is 24.9 Å². The number of rotatable bonds is 4. The molecule has 3 aromatic carbocycles. The molecule has 30 heavy (non-hydrogen) atoms. The highest BCUT2D eigenvalue weighted by molar-refractivity contribution is 6.31. The molecule has 2 unspecified atom stereocenters. The van der Waals surface area contributed by atoms with Gasteiger partial charge in [-0.05, 0) is 42.0 Å². The van der Waals surface area contributed by atoms with Crippen molar-refractivity contribution in [2.24, 2.45) is 5.10 Å². The van der Waals surface area contributed by atoms with Gasteiger partial charge >= 0.3 is 0 Å². The predicted octanol–water partition coefficient (Wildman–Crippen LogP) is 5.60. The molecule has 0 fully saturated rings. The molecule has 2 atom stereocenters. The van der Waals surface area contributed by atoms with E-state index in [1.807, 2.05) is 65.7 Å². The number of benzene rings is 3. The standard InChI is InChI=1S/C24H21ClN2O3/c1-28-16-12-10-15(11-13-16)20-14-21-18-7-5-9-22(29-2)23(18)30-24(27(21)26-20)17-6-3-4-8-19(17)25/h3-13,21,24H,14H2,1-2H3. The second-order valence-electron chi connectivity index (χ2n) is 7.25. The Morgan fingerprint density at radius 1 is 0.933 bits per heavy atom. The van der Waals surface area contributed by atoms with Crippen LogP contribution in [0, 0.1) is 0 Å². The lowest BCUT2D eigenvalue weighted by Gasteiger charge is -2.38. The van der Waals surface area contributed by atoms with Crippen molar-refractivity contribution in [3.8, 4) is 17.2 Å². The molecule has 5 nitrogen and oxygen atoms in total. The zero-order valence-corrected chi connectivity index (χ0v) is 17.5. The molecular formula is C24H21ClN2O3. The van der Waals surface area contributed by atoms with Gasteiger partial charge in [0.15, 0.2) is 11.5 Å². The number of hydrogen-bond donors (Lipinski definition) is 0. The number of fused-ring (bicyclic) bond motifs is 3. The zero-order valence-electron chi connectivity index (χ0n) is 16.7. The van der Waals surface area contributed by atoms with Crippen molar-refractivity contribution in [2.75, 3.05) is 14.2 Å². The summed E-state index contributed by atoms with van der Waals surface area (Å²) >= 11 is 6.54. The molecule has 0 saturated heterocycles. The van der Waals surface area contributed by atoms with E-state index in [2.05, 4.69) is 6.07 Å². The molecule has 152 valence electrons. The van der Waals surface area contributed by atoms with E-state index >= 15 is 0 Å². The zero-order chi connectivity index (χ0) is 20.7. The highest BCUT2D eigenvalue weighted by Gasteiger charge is 2.42. The van der Waals surface area contributed by atoms with E-state index in [-0.39, 0.29) is 6.04 Å². The lowest BCUT2D eigenvalue weighted by molar-refractivity contribution is -0.0208. The number of halogens is 1. The third-order valence-corrected chi connectivity index (χ3v) is 5.94. The van der Waals surface area contributed by atoms with Crippen molar-refractivity contribution in [1.82, 2.24) is 5.01 Å². The third-order valence-electron chi connectivity index (χ3n) is 5.59. The van der Waals surface area contributed by atoms with Gasteiger partial charge in [0.1, 0.15) is 5.75 Å². The first-order valence-electron chi connectivity index (χ1n) is 9.78. The van der Waals surface area contributed by atoms with Gasteiger partial charge in [-0.1, -0.05) is 41.9 Å². The molecular weight excluding hydrogens is 400 g/mol. The van der Waals surface area contributed by atoms with Crippen LogP contribution in [0.5, 0.6) is 17.2 Å². The van der Waals surface area contributed by atoms with E-state index in [4.69, 9.17) is 30.9 Å². The summed E-state index contributed by atoms with van der Waals surface area (Å²) in [6, 6.07) is 21.7. The Kier molecular flexibility index (Phi) is 4.75. The van der Waals surface area contributed by atoms with Gasteiger partial charge < -0.3 is 14.2 Å². The lowest BCUT2D eigenvalue weighted by atomic mass is 9.95. The van der Waals surface area contributed by atoms with E-state index in [9.17, 15) is 0 Å². The first-order chi connectivity index (χ1) is 14.7. The molecule has 0 amide bonds. The summed E-state index contributed by atoms with van der Waals surface area (Å²) in [4.78, 5) is 0. The second-order valence-corrected chi connectivity index (χ2v) is 7.65. The van der Waals surface area contributed by atoms with Crippen LogP contribution < -0.4 is 14.2 Å². The molecule has 0 bridgehead atoms. The summed E-state index contributed by atoms with van der Waals surface area (Å²) in [6.07, 6.45) is 0.319. The van der Waals surface area contributed by atoms with E-state index < -0.39 is 6.23 Å². The summed E-state index contributed by atoms with van der Waals surface area (Å²) < 4.78 is 17.3. The SMILES string of the molecule is COc1ccc(C2=NN3C(C2)c2cccc(OC)c2OC3c2ccccc2Cl)cc1. The van der Waals surface area contributed by atoms with E-state index in [1.54, 1.807) is 14.2 Å². The molecule has 0 radical (unpaired) electrons. The van der Waals surface area contributed by atoms with Crippen LogP contribution in [0.2, 0.25) is 5.02 Å². The largest absolute Gasteiger partial charge is 0.497 e. The molecule has 0 spiro atoms. The van der Waals surface area contributed by atoms with Gasteiger partial charge in [-0.2, -0.15) is 5.10 Å². The molecule has 0 N–H and O–H groups in total. The Morgan fingerprint density at radius 2 is 1.70 bits per heavy atom. The van der Waals surface area contributed by atoms with Crippen LogP contribution in [0.25, 0.3) is 0 Å². The van der Waals surface area contributed by atoms with E-state index in [0.717, 1.165) is 40.3 Å². The van der Waals surface area contributed by atoms with Gasteiger partial charge in [-0.25, -0.2) is 5.01 Å². The molecule has 2 aliphatic rings. The Hall–Kier alpha value is -3.18. The number of para-hydroxylation sites is 1. The van der Waals surface area contributed by atoms with E-state index in [1.165, 1.54) is 0 Å². The fourth-order valence-electron chi connectivity index (χ4n) is 4.08. The summed E-state index contributed by atoms with van der Waals surface area (Å²) in [7, 11) is 3.32. The summed E-state index contributed by atoms with van der Waals surface area (Å²) in [5.74, 6) is 2.28. The van der Waals surface area contributed by atoms with Crippen LogP contribution in [0.4, 0.5) is 0 Å². The number of ether oxygens (including phenoxy) is 3. The number of hydrogen-bond acceptors (Lipinski definition) is 5. The van der Waals surface area contributed by atoms with Gasteiger partial charge in [0.25, 0.3) is 0 Å². The number of nitrogens with zero attached hydrogens (tertiary/aromatic N) is 2. The maximum atomic E-state index is 6.54. The Morgan fingerprint density at radius 3 is 2.43 bits per heavy atom. The monoisotopic (exact) mass is 420 g/mol. The van der Waals surface area contributed by atoms with Crippen molar-refractivity contribution in [3.05, 3.63) is 88.4 Å². The summed E-state index contributed by atoms with van der Waals surface area (Å²) in [5, 5.41) is 7.64. The third kappa shape index (κ3) is 3.06. The van der Waals surface area contributed by atoms with Gasteiger partial charge in [0.05, 0.1) is 26.0 Å². The highest BCUT2D eigenvalue weighted by Crippen LogP contribution is 2.51. The quantitative estimate of drug-likeness (QED) is 0.551. The minimum absolute atomic E-state index is 0.0298. The first-order valence-corrected chi connectivity index (χ1v) is 10.2. The van der Waals surface area contributed by atoms with Crippen LogP contribution in [0.3, 0.4) is 0 Å². The van der Waals surface area contributed by atoms with Gasteiger partial charge in [0.2, 0.25) is 6.23 Å². The topological polar surface area (TPSA) is 43.3 Å². The molecule has 0 aromatic heterocycles. The summed E-state index contributed by atoms with van der Waals surface area (Å²) in [5.41, 5.74) is 4.00. The normalized spacial score (nSPS) is 19.4. The van der Waals surface area contributed by atoms with Crippen molar-refractivity contribution < 1.29 is 14.2 Å². The molecule has 0 saturated carbocycles. The molecule has 0 aliphatic carbocycles. The van der Waals surface area contributed by atoms with E-state index in [0.29, 0.717) is 10.8 Å². The van der Waals surface area contributed by atoms with Crippen molar-refractivity contribution in [2.45, 2.75) is 18.7 Å². The second kappa shape index (κ2) is 7.58. The van der Waals surface area contributed by atoms with Gasteiger partial charge in [0, 0.05) is 22.6 Å². The number of hydrazone groups is 1. The minimum atomic E-state index is -0.441. The molecule has 3 aromatic rings. The van der Waals surface area contributed by atoms with Crippen molar-refractivity contribution >= 4 is 17.3 Å². The maximum Gasteiger partial charge on any atom is 0.215 e. The fourth-order valence-corrected chi connectivity index (χ4v) is 4.31. The Bertz CT molecular complexity index is 1110.